The van der Waals surface area contributed by atoms with E-state index in [0.717, 1.165) is 5.56 Å². The molecule has 0 fully saturated rings. The van der Waals surface area contributed by atoms with Crippen molar-refractivity contribution in [3.63, 3.8) is 0 Å². The van der Waals surface area contributed by atoms with E-state index in [1.54, 1.807) is 24.3 Å². The smallest absolute Gasteiger partial charge is 0.337 e. The second-order valence-electron chi connectivity index (χ2n) is 4.97. The largest absolute Gasteiger partial charge is 0.465 e. The van der Waals surface area contributed by atoms with Crippen LogP contribution in [0, 0.1) is 11.3 Å². The monoisotopic (exact) mass is 344 g/mol. The average Bonchev–Trinajstić information content (AvgIpc) is 2.61. The molecule has 24 heavy (non-hydrogen) atoms. The number of nitriles is 1. The fourth-order valence-electron chi connectivity index (χ4n) is 2.05. The van der Waals surface area contributed by atoms with E-state index >= 15 is 0 Å². The predicted octanol–water partition coefficient (Wildman–Crippen LogP) is 1.87. The van der Waals surface area contributed by atoms with Crippen LogP contribution in [0.25, 0.3) is 0 Å². The summed E-state index contributed by atoms with van der Waals surface area (Å²) in [7, 11) is -2.30. The van der Waals surface area contributed by atoms with E-state index in [-0.39, 0.29) is 11.4 Å². The van der Waals surface area contributed by atoms with Gasteiger partial charge in [0.2, 0.25) is 10.0 Å². The molecule has 0 amide bonds. The molecule has 0 aliphatic rings. The first-order valence-corrected chi connectivity index (χ1v) is 8.61. The summed E-state index contributed by atoms with van der Waals surface area (Å²) in [5.74, 6) is -0.414. The molecule has 7 heteroatoms. The summed E-state index contributed by atoms with van der Waals surface area (Å²) in [6.45, 7) is 0.222. The van der Waals surface area contributed by atoms with Crippen molar-refractivity contribution in [1.29, 1.82) is 5.26 Å². The summed E-state index contributed by atoms with van der Waals surface area (Å²) >= 11 is 0. The van der Waals surface area contributed by atoms with E-state index in [1.165, 1.54) is 31.4 Å². The zero-order valence-corrected chi connectivity index (χ0v) is 13.8. The first kappa shape index (κ1) is 17.7. The highest BCUT2D eigenvalue weighted by Crippen LogP contribution is 2.10. The number of rotatable bonds is 6. The van der Waals surface area contributed by atoms with Gasteiger partial charge in [-0.3, -0.25) is 0 Å². The summed E-state index contributed by atoms with van der Waals surface area (Å²) in [6.07, 6.45) is 0.483. The van der Waals surface area contributed by atoms with Gasteiger partial charge in [-0.1, -0.05) is 12.1 Å². The second-order valence-corrected chi connectivity index (χ2v) is 6.74. The molecule has 0 spiro atoms. The van der Waals surface area contributed by atoms with Crippen LogP contribution in [0.3, 0.4) is 0 Å². The molecule has 0 aliphatic carbocycles. The minimum Gasteiger partial charge on any atom is -0.465 e. The molecule has 0 heterocycles. The summed E-state index contributed by atoms with van der Waals surface area (Å²) < 4.78 is 31.4. The number of hydrogen-bond donors (Lipinski definition) is 1. The summed E-state index contributed by atoms with van der Waals surface area (Å²) in [4.78, 5) is 11.5. The van der Waals surface area contributed by atoms with Gasteiger partial charge in [0.1, 0.15) is 0 Å². The van der Waals surface area contributed by atoms with Gasteiger partial charge < -0.3 is 4.74 Å². The third-order valence-corrected chi connectivity index (χ3v) is 4.85. The molecule has 2 aromatic rings. The first-order chi connectivity index (χ1) is 11.5. The summed E-state index contributed by atoms with van der Waals surface area (Å²) in [5, 5.41) is 8.72. The maximum absolute atomic E-state index is 12.1. The molecule has 0 unspecified atom stereocenters. The van der Waals surface area contributed by atoms with Crippen LogP contribution < -0.4 is 4.72 Å². The Morgan fingerprint density at radius 3 is 2.29 bits per heavy atom. The lowest BCUT2D eigenvalue weighted by Crippen LogP contribution is -2.26. The van der Waals surface area contributed by atoms with E-state index in [0.29, 0.717) is 17.5 Å². The quantitative estimate of drug-likeness (QED) is 0.807. The van der Waals surface area contributed by atoms with E-state index in [1.807, 2.05) is 6.07 Å². The number of nitrogens with zero attached hydrogens (tertiary/aromatic N) is 1. The fourth-order valence-corrected chi connectivity index (χ4v) is 3.08. The van der Waals surface area contributed by atoms with Crippen LogP contribution in [0.5, 0.6) is 0 Å². The Hall–Kier alpha value is -2.69. The van der Waals surface area contributed by atoms with Gasteiger partial charge in [0.25, 0.3) is 0 Å². The minimum absolute atomic E-state index is 0.113. The molecule has 6 nitrogen and oxygen atoms in total. The van der Waals surface area contributed by atoms with Crippen LogP contribution in [0.1, 0.15) is 21.5 Å². The van der Waals surface area contributed by atoms with Crippen molar-refractivity contribution in [3.8, 4) is 6.07 Å². The summed E-state index contributed by atoms with van der Waals surface area (Å²) in [6, 6.07) is 14.4. The highest BCUT2D eigenvalue weighted by molar-refractivity contribution is 7.89. The molecular formula is C17H16N2O4S. The molecule has 0 saturated heterocycles. The van der Waals surface area contributed by atoms with Gasteiger partial charge in [0.15, 0.2) is 0 Å². The van der Waals surface area contributed by atoms with Gasteiger partial charge >= 0.3 is 5.97 Å². The van der Waals surface area contributed by atoms with Gasteiger partial charge in [0.05, 0.1) is 29.2 Å². The number of nitrogens with one attached hydrogen (secondary N) is 1. The van der Waals surface area contributed by atoms with Gasteiger partial charge in [-0.2, -0.15) is 5.26 Å². The second kappa shape index (κ2) is 7.73. The lowest BCUT2D eigenvalue weighted by atomic mass is 10.1. The number of sulfonamides is 1. The van der Waals surface area contributed by atoms with Crippen molar-refractivity contribution in [2.24, 2.45) is 0 Å². The standard InChI is InChI=1S/C17H16N2O4S/c1-23-17(20)15-6-2-13(3-7-15)10-11-19-24(21,22)16-8-4-14(12-18)5-9-16/h2-9,19H,10-11H2,1H3. The first-order valence-electron chi connectivity index (χ1n) is 7.13. The molecule has 2 aromatic carbocycles. The summed E-state index contributed by atoms with van der Waals surface area (Å²) in [5.41, 5.74) is 1.74. The van der Waals surface area contributed by atoms with Crippen LogP contribution in [-0.4, -0.2) is 28.0 Å². The molecule has 0 aromatic heterocycles. The van der Waals surface area contributed by atoms with Gasteiger partial charge in [-0.15, -0.1) is 0 Å². The number of benzene rings is 2. The van der Waals surface area contributed by atoms with Crippen molar-refractivity contribution < 1.29 is 17.9 Å². The van der Waals surface area contributed by atoms with Crippen LogP contribution in [0.2, 0.25) is 0 Å². The number of carbonyl (C=O) groups excluding carboxylic acids is 1. The van der Waals surface area contributed by atoms with Crippen molar-refractivity contribution in [2.75, 3.05) is 13.7 Å². The molecule has 0 radical (unpaired) electrons. The number of esters is 1. The zero-order chi connectivity index (χ0) is 17.6. The van der Waals surface area contributed by atoms with Crippen LogP contribution in [0.4, 0.5) is 0 Å². The third-order valence-electron chi connectivity index (χ3n) is 3.37. The number of carbonyl (C=O) groups is 1. The normalized spacial score (nSPS) is 10.8. The van der Waals surface area contributed by atoms with Crippen molar-refractivity contribution in [2.45, 2.75) is 11.3 Å². The highest BCUT2D eigenvalue weighted by Gasteiger charge is 2.13. The molecule has 0 saturated carbocycles. The van der Waals surface area contributed by atoms with E-state index in [9.17, 15) is 13.2 Å². The van der Waals surface area contributed by atoms with E-state index < -0.39 is 16.0 Å². The maximum atomic E-state index is 12.1. The average molecular weight is 344 g/mol. The Bertz CT molecular complexity index is 851. The third kappa shape index (κ3) is 4.41. The molecule has 0 aliphatic heterocycles. The number of methoxy groups -OCH3 is 1. The van der Waals surface area contributed by atoms with E-state index in [4.69, 9.17) is 5.26 Å². The Kier molecular flexibility index (Phi) is 5.68. The Morgan fingerprint density at radius 1 is 1.12 bits per heavy atom. The zero-order valence-electron chi connectivity index (χ0n) is 13.0. The van der Waals surface area contributed by atoms with Gasteiger partial charge in [-0.25, -0.2) is 17.9 Å². The van der Waals surface area contributed by atoms with Crippen LogP contribution >= 0.6 is 0 Å². The Morgan fingerprint density at radius 2 is 1.75 bits per heavy atom. The molecule has 124 valence electrons. The van der Waals surface area contributed by atoms with Gasteiger partial charge in [0, 0.05) is 6.54 Å². The van der Waals surface area contributed by atoms with Crippen molar-refractivity contribution >= 4 is 16.0 Å². The number of ether oxygens (including phenoxy) is 1. The topological polar surface area (TPSA) is 96.3 Å². The molecule has 2 rings (SSSR count). The molecule has 1 N–H and O–H groups in total. The maximum Gasteiger partial charge on any atom is 0.337 e. The van der Waals surface area contributed by atoms with Crippen LogP contribution in [-0.2, 0) is 21.2 Å². The predicted molar refractivity (Wildman–Crippen MR) is 87.8 cm³/mol. The van der Waals surface area contributed by atoms with Gasteiger partial charge in [-0.05, 0) is 48.4 Å². The van der Waals surface area contributed by atoms with E-state index in [2.05, 4.69) is 9.46 Å². The molecule has 0 atom stereocenters. The Balaban J connectivity index is 1.95. The Labute approximate surface area is 140 Å². The lowest BCUT2D eigenvalue weighted by molar-refractivity contribution is 0.0600. The minimum atomic E-state index is -3.61. The van der Waals surface area contributed by atoms with Crippen molar-refractivity contribution in [1.82, 2.24) is 4.72 Å². The van der Waals surface area contributed by atoms with Crippen LogP contribution in [0.15, 0.2) is 53.4 Å². The SMILES string of the molecule is COC(=O)c1ccc(CCNS(=O)(=O)c2ccc(C#N)cc2)cc1. The highest BCUT2D eigenvalue weighted by atomic mass is 32.2. The lowest BCUT2D eigenvalue weighted by Gasteiger charge is -2.07. The molecular weight excluding hydrogens is 328 g/mol. The number of hydrogen-bond acceptors (Lipinski definition) is 5. The molecule has 0 bridgehead atoms. The fraction of sp³-hybridized carbons (Fsp3) is 0.176. The van der Waals surface area contributed by atoms with Crippen molar-refractivity contribution in [3.05, 3.63) is 65.2 Å².